The predicted molar refractivity (Wildman–Crippen MR) is 47.7 cm³/mol. The SMILES string of the molecule is CC(O)Cc1cn(C)c(=O)[nH]c1=O. The Balaban J connectivity index is 3.17. The molecule has 0 saturated carbocycles. The second-order valence-corrected chi connectivity index (χ2v) is 3.08. The van der Waals surface area contributed by atoms with Crippen LogP contribution in [0.2, 0.25) is 0 Å². The molecule has 0 aliphatic rings. The van der Waals surface area contributed by atoms with Crippen LogP contribution in [0.4, 0.5) is 0 Å². The molecule has 1 aromatic rings. The smallest absolute Gasteiger partial charge is 0.328 e. The van der Waals surface area contributed by atoms with Gasteiger partial charge in [0.15, 0.2) is 0 Å². The Morgan fingerprint density at radius 1 is 1.62 bits per heavy atom. The molecule has 72 valence electrons. The van der Waals surface area contributed by atoms with Gasteiger partial charge >= 0.3 is 5.69 Å². The number of hydrogen-bond donors (Lipinski definition) is 2. The van der Waals surface area contributed by atoms with Crippen molar-refractivity contribution in [2.24, 2.45) is 7.05 Å². The second kappa shape index (κ2) is 3.57. The first-order chi connectivity index (χ1) is 6.00. The maximum Gasteiger partial charge on any atom is 0.328 e. The van der Waals surface area contributed by atoms with Gasteiger partial charge in [0.25, 0.3) is 5.56 Å². The third-order valence-electron chi connectivity index (χ3n) is 1.70. The molecule has 0 amide bonds. The average molecular weight is 184 g/mol. The summed E-state index contributed by atoms with van der Waals surface area (Å²) in [6, 6.07) is 0. The highest BCUT2D eigenvalue weighted by Crippen LogP contribution is 1.93. The Kier molecular flexibility index (Phi) is 2.67. The summed E-state index contributed by atoms with van der Waals surface area (Å²) in [5.41, 5.74) is -0.458. The number of aliphatic hydroxyl groups excluding tert-OH is 1. The van der Waals surface area contributed by atoms with Gasteiger partial charge in [-0.3, -0.25) is 9.78 Å². The highest BCUT2D eigenvalue weighted by Gasteiger charge is 2.05. The Bertz CT molecular complexity index is 403. The standard InChI is InChI=1S/C8H12N2O3/c1-5(11)3-6-4-10(2)8(13)9-7(6)12/h4-5,11H,3H2,1-2H3,(H,9,12,13). The van der Waals surface area contributed by atoms with Crippen LogP contribution in [0.3, 0.4) is 0 Å². The number of nitrogens with one attached hydrogen (secondary N) is 1. The minimum absolute atomic E-state index is 0.253. The number of nitrogens with zero attached hydrogens (tertiary/aromatic N) is 1. The molecule has 0 fully saturated rings. The highest BCUT2D eigenvalue weighted by atomic mass is 16.3. The zero-order valence-electron chi connectivity index (χ0n) is 7.57. The first-order valence-corrected chi connectivity index (χ1v) is 3.97. The van der Waals surface area contributed by atoms with Gasteiger partial charge in [0.05, 0.1) is 6.10 Å². The molecule has 1 atom stereocenters. The van der Waals surface area contributed by atoms with E-state index in [2.05, 4.69) is 4.98 Å². The zero-order valence-corrected chi connectivity index (χ0v) is 7.57. The molecule has 1 rings (SSSR count). The van der Waals surface area contributed by atoms with Crippen LogP contribution < -0.4 is 11.2 Å². The second-order valence-electron chi connectivity index (χ2n) is 3.08. The number of rotatable bonds is 2. The molecule has 13 heavy (non-hydrogen) atoms. The van der Waals surface area contributed by atoms with Gasteiger partial charge in [0, 0.05) is 25.2 Å². The summed E-state index contributed by atoms with van der Waals surface area (Å²) >= 11 is 0. The summed E-state index contributed by atoms with van der Waals surface area (Å²) < 4.78 is 1.28. The van der Waals surface area contributed by atoms with Crippen LogP contribution in [0.25, 0.3) is 0 Å². The van der Waals surface area contributed by atoms with E-state index in [4.69, 9.17) is 5.11 Å². The van der Waals surface area contributed by atoms with E-state index in [0.717, 1.165) is 0 Å². The van der Waals surface area contributed by atoms with Crippen molar-refractivity contribution in [1.82, 2.24) is 9.55 Å². The number of aryl methyl sites for hydroxylation is 1. The molecule has 2 N–H and O–H groups in total. The lowest BCUT2D eigenvalue weighted by Crippen LogP contribution is -2.31. The van der Waals surface area contributed by atoms with Gasteiger partial charge in [-0.25, -0.2) is 4.79 Å². The first-order valence-electron chi connectivity index (χ1n) is 3.97. The van der Waals surface area contributed by atoms with Crippen molar-refractivity contribution in [3.63, 3.8) is 0 Å². The normalized spacial score (nSPS) is 12.8. The van der Waals surface area contributed by atoms with Crippen molar-refractivity contribution in [1.29, 1.82) is 0 Å². The fraction of sp³-hybridized carbons (Fsp3) is 0.500. The van der Waals surface area contributed by atoms with E-state index in [1.807, 2.05) is 0 Å². The Hall–Kier alpha value is -1.36. The number of aliphatic hydroxyl groups is 1. The largest absolute Gasteiger partial charge is 0.393 e. The van der Waals surface area contributed by atoms with E-state index in [-0.39, 0.29) is 6.42 Å². The van der Waals surface area contributed by atoms with Crippen LogP contribution in [0.5, 0.6) is 0 Å². The molecular formula is C8H12N2O3. The fourth-order valence-corrected chi connectivity index (χ4v) is 1.08. The van der Waals surface area contributed by atoms with Crippen LogP contribution in [0, 0.1) is 0 Å². The fourth-order valence-electron chi connectivity index (χ4n) is 1.08. The minimum Gasteiger partial charge on any atom is -0.393 e. The average Bonchev–Trinajstić information content (AvgIpc) is 1.99. The summed E-state index contributed by atoms with van der Waals surface area (Å²) in [6.45, 7) is 1.59. The van der Waals surface area contributed by atoms with Gasteiger partial charge in [-0.05, 0) is 6.92 Å². The molecule has 0 aliphatic heterocycles. The number of H-pyrrole nitrogens is 1. The minimum atomic E-state index is -0.585. The number of hydrogen-bond acceptors (Lipinski definition) is 3. The lowest BCUT2D eigenvalue weighted by atomic mass is 10.2. The van der Waals surface area contributed by atoms with Gasteiger partial charge in [-0.1, -0.05) is 0 Å². The Morgan fingerprint density at radius 3 is 2.77 bits per heavy atom. The summed E-state index contributed by atoms with van der Waals surface area (Å²) in [7, 11) is 1.55. The molecule has 1 aromatic heterocycles. The van der Waals surface area contributed by atoms with Crippen molar-refractivity contribution in [3.05, 3.63) is 32.6 Å². The molecule has 0 spiro atoms. The van der Waals surface area contributed by atoms with Crippen molar-refractivity contribution in [2.45, 2.75) is 19.4 Å². The van der Waals surface area contributed by atoms with Gasteiger partial charge in [-0.2, -0.15) is 0 Å². The topological polar surface area (TPSA) is 75.1 Å². The predicted octanol–water partition coefficient (Wildman–Crippen LogP) is -1.00. The quantitative estimate of drug-likeness (QED) is 0.618. The summed E-state index contributed by atoms with van der Waals surface area (Å²) in [5, 5.41) is 9.05. The van der Waals surface area contributed by atoms with Crippen LogP contribution in [-0.2, 0) is 13.5 Å². The maximum absolute atomic E-state index is 11.1. The van der Waals surface area contributed by atoms with E-state index in [9.17, 15) is 9.59 Å². The third kappa shape index (κ3) is 2.29. The summed E-state index contributed by atoms with van der Waals surface area (Å²) in [6.07, 6.45) is 1.11. The third-order valence-corrected chi connectivity index (χ3v) is 1.70. The van der Waals surface area contributed by atoms with E-state index < -0.39 is 17.4 Å². The molecule has 0 aromatic carbocycles. The molecule has 5 nitrogen and oxygen atoms in total. The monoisotopic (exact) mass is 184 g/mol. The molecule has 1 heterocycles. The Labute approximate surface area is 74.7 Å². The molecule has 0 bridgehead atoms. The lowest BCUT2D eigenvalue weighted by Gasteiger charge is -2.04. The maximum atomic E-state index is 11.1. The van der Waals surface area contributed by atoms with Crippen LogP contribution in [-0.4, -0.2) is 20.8 Å². The van der Waals surface area contributed by atoms with E-state index >= 15 is 0 Å². The summed E-state index contributed by atoms with van der Waals surface area (Å²) in [5.74, 6) is 0. The molecule has 5 heteroatoms. The van der Waals surface area contributed by atoms with Crippen molar-refractivity contribution < 1.29 is 5.11 Å². The molecular weight excluding hydrogens is 172 g/mol. The van der Waals surface area contributed by atoms with Gasteiger partial charge in [0.1, 0.15) is 0 Å². The Morgan fingerprint density at radius 2 is 2.23 bits per heavy atom. The van der Waals surface area contributed by atoms with E-state index in [1.54, 1.807) is 14.0 Å². The number of aromatic nitrogens is 2. The molecule has 0 saturated heterocycles. The molecule has 1 unspecified atom stereocenters. The van der Waals surface area contributed by atoms with Crippen molar-refractivity contribution in [3.8, 4) is 0 Å². The van der Waals surface area contributed by atoms with E-state index in [1.165, 1.54) is 10.8 Å². The van der Waals surface area contributed by atoms with Crippen molar-refractivity contribution in [2.75, 3.05) is 0 Å². The van der Waals surface area contributed by atoms with Gasteiger partial charge in [-0.15, -0.1) is 0 Å². The zero-order chi connectivity index (χ0) is 10.0. The lowest BCUT2D eigenvalue weighted by molar-refractivity contribution is 0.194. The van der Waals surface area contributed by atoms with Crippen LogP contribution in [0.15, 0.2) is 15.8 Å². The van der Waals surface area contributed by atoms with Gasteiger partial charge < -0.3 is 9.67 Å². The highest BCUT2D eigenvalue weighted by molar-refractivity contribution is 5.05. The summed E-state index contributed by atoms with van der Waals surface area (Å²) in [4.78, 5) is 24.2. The van der Waals surface area contributed by atoms with E-state index in [0.29, 0.717) is 5.56 Å². The van der Waals surface area contributed by atoms with Crippen LogP contribution in [0.1, 0.15) is 12.5 Å². The number of aromatic amines is 1. The van der Waals surface area contributed by atoms with Crippen LogP contribution >= 0.6 is 0 Å². The molecule has 0 radical (unpaired) electrons. The first kappa shape index (κ1) is 9.73. The van der Waals surface area contributed by atoms with Gasteiger partial charge in [0.2, 0.25) is 0 Å². The van der Waals surface area contributed by atoms with Crippen molar-refractivity contribution >= 4 is 0 Å². The molecule has 0 aliphatic carbocycles.